The summed E-state index contributed by atoms with van der Waals surface area (Å²) in [4.78, 5) is 1.84. The van der Waals surface area contributed by atoms with Gasteiger partial charge >= 0.3 is 0 Å². The van der Waals surface area contributed by atoms with E-state index in [0.717, 1.165) is 25.7 Å². The lowest BCUT2D eigenvalue weighted by molar-refractivity contribution is 0.0557. The molecule has 0 heterocycles. The summed E-state index contributed by atoms with van der Waals surface area (Å²) < 4.78 is 13.8. The van der Waals surface area contributed by atoms with Crippen molar-refractivity contribution >= 4 is 5.69 Å². The fourth-order valence-corrected chi connectivity index (χ4v) is 2.99. The standard InChI is InChI=1S/C15H22FNO2/c1-11(18)14-12(16)6-5-7-13(14)17(2)10-15(19)8-3-4-9-15/h5-7,11,18-19H,3-4,8-10H2,1-2H3/t11-/m0/s1. The zero-order valence-electron chi connectivity index (χ0n) is 11.6. The molecule has 1 aliphatic carbocycles. The van der Waals surface area contributed by atoms with Crippen molar-refractivity contribution in [3.8, 4) is 0 Å². The third-order valence-electron chi connectivity index (χ3n) is 3.92. The second-order valence-corrected chi connectivity index (χ2v) is 5.64. The molecule has 1 atom stereocenters. The van der Waals surface area contributed by atoms with Crippen LogP contribution in [0.1, 0.15) is 44.3 Å². The van der Waals surface area contributed by atoms with E-state index in [1.165, 1.54) is 6.07 Å². The molecule has 0 unspecified atom stereocenters. The molecule has 2 N–H and O–H groups in total. The van der Waals surface area contributed by atoms with E-state index in [9.17, 15) is 14.6 Å². The van der Waals surface area contributed by atoms with Gasteiger partial charge in [-0.1, -0.05) is 18.9 Å². The number of anilines is 1. The lowest BCUT2D eigenvalue weighted by atomic mass is 10.0. The van der Waals surface area contributed by atoms with Crippen LogP contribution in [0.25, 0.3) is 0 Å². The summed E-state index contributed by atoms with van der Waals surface area (Å²) in [6.07, 6.45) is 2.79. The van der Waals surface area contributed by atoms with Crippen LogP contribution < -0.4 is 4.90 Å². The highest BCUT2D eigenvalue weighted by Gasteiger charge is 2.33. The molecule has 2 rings (SSSR count). The smallest absolute Gasteiger partial charge is 0.131 e. The summed E-state index contributed by atoms with van der Waals surface area (Å²) in [7, 11) is 1.83. The normalized spacial score (nSPS) is 19.4. The molecule has 3 nitrogen and oxygen atoms in total. The zero-order valence-corrected chi connectivity index (χ0v) is 11.6. The first-order valence-electron chi connectivity index (χ1n) is 6.83. The largest absolute Gasteiger partial charge is 0.389 e. The van der Waals surface area contributed by atoms with Crippen molar-refractivity contribution in [3.63, 3.8) is 0 Å². The Balaban J connectivity index is 2.23. The van der Waals surface area contributed by atoms with Gasteiger partial charge in [-0.2, -0.15) is 0 Å². The Morgan fingerprint density at radius 2 is 2.00 bits per heavy atom. The Morgan fingerprint density at radius 3 is 2.58 bits per heavy atom. The molecule has 19 heavy (non-hydrogen) atoms. The van der Waals surface area contributed by atoms with Gasteiger partial charge < -0.3 is 15.1 Å². The van der Waals surface area contributed by atoms with Crippen molar-refractivity contribution in [2.75, 3.05) is 18.5 Å². The Hall–Kier alpha value is -1.13. The fourth-order valence-electron chi connectivity index (χ4n) is 2.99. The summed E-state index contributed by atoms with van der Waals surface area (Å²) in [5, 5.41) is 20.2. The number of nitrogens with zero attached hydrogens (tertiary/aromatic N) is 1. The van der Waals surface area contributed by atoms with Crippen LogP contribution in [0.2, 0.25) is 0 Å². The molecule has 0 saturated heterocycles. The molecule has 1 aromatic rings. The first-order valence-corrected chi connectivity index (χ1v) is 6.83. The number of benzene rings is 1. The molecule has 1 aliphatic rings. The average Bonchev–Trinajstić information content (AvgIpc) is 2.74. The zero-order chi connectivity index (χ0) is 14.0. The molecule has 106 valence electrons. The Kier molecular flexibility index (Phi) is 4.11. The molecular weight excluding hydrogens is 245 g/mol. The van der Waals surface area contributed by atoms with Crippen LogP contribution in [-0.4, -0.2) is 29.4 Å². The van der Waals surface area contributed by atoms with Crippen LogP contribution in [0, 0.1) is 5.82 Å². The second-order valence-electron chi connectivity index (χ2n) is 5.64. The van der Waals surface area contributed by atoms with E-state index in [0.29, 0.717) is 17.8 Å². The predicted octanol–water partition coefficient (Wildman–Crippen LogP) is 2.62. The van der Waals surface area contributed by atoms with E-state index in [2.05, 4.69) is 0 Å². The Morgan fingerprint density at radius 1 is 1.37 bits per heavy atom. The molecule has 0 aliphatic heterocycles. The summed E-state index contributed by atoms with van der Waals surface area (Å²) in [6, 6.07) is 4.76. The third-order valence-corrected chi connectivity index (χ3v) is 3.92. The van der Waals surface area contributed by atoms with Crippen molar-refractivity contribution in [1.82, 2.24) is 0 Å². The maximum Gasteiger partial charge on any atom is 0.131 e. The van der Waals surface area contributed by atoms with Crippen molar-refractivity contribution in [1.29, 1.82) is 0 Å². The molecule has 0 amide bonds. The van der Waals surface area contributed by atoms with Gasteiger partial charge in [0.05, 0.1) is 11.7 Å². The van der Waals surface area contributed by atoms with Gasteiger partial charge in [-0.25, -0.2) is 4.39 Å². The van der Waals surface area contributed by atoms with Gasteiger partial charge in [-0.15, -0.1) is 0 Å². The second kappa shape index (κ2) is 5.47. The van der Waals surface area contributed by atoms with Gasteiger partial charge in [0.15, 0.2) is 0 Å². The summed E-state index contributed by atoms with van der Waals surface area (Å²) in [5.41, 5.74) is 0.263. The lowest BCUT2D eigenvalue weighted by Gasteiger charge is -2.31. The number of hydrogen-bond acceptors (Lipinski definition) is 3. The number of halogens is 1. The molecule has 1 fully saturated rings. The van der Waals surface area contributed by atoms with Crippen LogP contribution in [0.15, 0.2) is 18.2 Å². The van der Waals surface area contributed by atoms with Crippen LogP contribution in [0.4, 0.5) is 10.1 Å². The molecule has 1 saturated carbocycles. The maximum atomic E-state index is 13.8. The first kappa shape index (κ1) is 14.3. The SMILES string of the molecule is C[C@H](O)c1c(F)cccc1N(C)CC1(O)CCCC1. The topological polar surface area (TPSA) is 43.7 Å². The van der Waals surface area contributed by atoms with Crippen LogP contribution >= 0.6 is 0 Å². The van der Waals surface area contributed by atoms with Crippen LogP contribution in [0.5, 0.6) is 0 Å². The monoisotopic (exact) mass is 267 g/mol. The van der Waals surface area contributed by atoms with E-state index in [-0.39, 0.29) is 0 Å². The van der Waals surface area contributed by atoms with Gasteiger partial charge in [0.1, 0.15) is 5.82 Å². The molecule has 1 aromatic carbocycles. The maximum absolute atomic E-state index is 13.8. The molecular formula is C15H22FNO2. The average molecular weight is 267 g/mol. The number of hydrogen-bond donors (Lipinski definition) is 2. The molecule has 0 bridgehead atoms. The van der Waals surface area contributed by atoms with Crippen molar-refractivity contribution in [3.05, 3.63) is 29.6 Å². The van der Waals surface area contributed by atoms with Crippen molar-refractivity contribution in [2.24, 2.45) is 0 Å². The van der Waals surface area contributed by atoms with E-state index in [1.54, 1.807) is 19.1 Å². The van der Waals surface area contributed by atoms with E-state index >= 15 is 0 Å². The minimum Gasteiger partial charge on any atom is -0.389 e. The first-order chi connectivity index (χ1) is 8.93. The van der Waals surface area contributed by atoms with Crippen LogP contribution in [0.3, 0.4) is 0 Å². The number of likely N-dealkylation sites (N-methyl/N-ethyl adjacent to an activating group) is 1. The van der Waals surface area contributed by atoms with E-state index < -0.39 is 17.5 Å². The van der Waals surface area contributed by atoms with Crippen molar-refractivity contribution in [2.45, 2.75) is 44.3 Å². The highest BCUT2D eigenvalue weighted by atomic mass is 19.1. The lowest BCUT2D eigenvalue weighted by Crippen LogP contribution is -2.39. The van der Waals surface area contributed by atoms with Gasteiger partial charge in [0, 0.05) is 24.8 Å². The third kappa shape index (κ3) is 3.07. The Labute approximate surface area is 113 Å². The molecule has 0 radical (unpaired) electrons. The quantitative estimate of drug-likeness (QED) is 0.881. The minimum atomic E-state index is -0.864. The molecule has 0 spiro atoms. The predicted molar refractivity (Wildman–Crippen MR) is 73.7 cm³/mol. The van der Waals surface area contributed by atoms with E-state index in [4.69, 9.17) is 0 Å². The van der Waals surface area contributed by atoms with Gasteiger partial charge in [-0.05, 0) is 31.9 Å². The van der Waals surface area contributed by atoms with Crippen molar-refractivity contribution < 1.29 is 14.6 Å². The molecule has 0 aromatic heterocycles. The van der Waals surface area contributed by atoms with Gasteiger partial charge in [-0.3, -0.25) is 0 Å². The number of rotatable bonds is 4. The van der Waals surface area contributed by atoms with Gasteiger partial charge in [0.2, 0.25) is 0 Å². The summed E-state index contributed by atoms with van der Waals surface area (Å²) in [6.45, 7) is 2.02. The highest BCUT2D eigenvalue weighted by Crippen LogP contribution is 2.33. The minimum absolute atomic E-state index is 0.298. The fraction of sp³-hybridized carbons (Fsp3) is 0.600. The summed E-state index contributed by atoms with van der Waals surface area (Å²) in [5.74, 6) is -0.405. The van der Waals surface area contributed by atoms with E-state index in [1.807, 2.05) is 11.9 Å². The summed E-state index contributed by atoms with van der Waals surface area (Å²) >= 11 is 0. The highest BCUT2D eigenvalue weighted by molar-refractivity contribution is 5.55. The number of aliphatic hydroxyl groups is 2. The Bertz CT molecular complexity index is 442. The van der Waals surface area contributed by atoms with Crippen LogP contribution in [-0.2, 0) is 0 Å². The molecule has 4 heteroatoms. The number of aliphatic hydroxyl groups excluding tert-OH is 1. The van der Waals surface area contributed by atoms with Gasteiger partial charge in [0.25, 0.3) is 0 Å².